The van der Waals surface area contributed by atoms with Crippen LogP contribution in [0.5, 0.6) is 11.5 Å². The Labute approximate surface area is 130 Å². The second-order valence-electron chi connectivity index (χ2n) is 5.09. The Morgan fingerprint density at radius 2 is 2.00 bits per heavy atom. The molecule has 0 saturated heterocycles. The number of aromatic hydroxyl groups is 1. The molecular formula is C17H21N3O2. The van der Waals surface area contributed by atoms with Gasteiger partial charge in [-0.05, 0) is 43.2 Å². The Morgan fingerprint density at radius 1 is 1.23 bits per heavy atom. The first-order chi connectivity index (χ1) is 10.5. The van der Waals surface area contributed by atoms with Crippen molar-refractivity contribution >= 4 is 11.6 Å². The molecule has 0 heterocycles. The van der Waals surface area contributed by atoms with Crippen molar-refractivity contribution in [2.45, 2.75) is 20.4 Å². The summed E-state index contributed by atoms with van der Waals surface area (Å²) in [6.07, 6.45) is 0. The van der Waals surface area contributed by atoms with Crippen molar-refractivity contribution in [2.24, 2.45) is 10.7 Å². The molecule has 0 aliphatic carbocycles. The molecule has 2 aromatic rings. The van der Waals surface area contributed by atoms with Crippen molar-refractivity contribution in [3.05, 3.63) is 53.1 Å². The van der Waals surface area contributed by atoms with Gasteiger partial charge in [0.1, 0.15) is 0 Å². The Bertz CT molecular complexity index is 696. The monoisotopic (exact) mass is 299 g/mol. The molecule has 0 amide bonds. The number of hydrogen-bond donors (Lipinski definition) is 3. The molecule has 0 spiro atoms. The zero-order valence-electron chi connectivity index (χ0n) is 13.1. The van der Waals surface area contributed by atoms with Crippen molar-refractivity contribution in [3.8, 4) is 11.5 Å². The lowest BCUT2D eigenvalue weighted by atomic mass is 10.1. The van der Waals surface area contributed by atoms with Crippen LogP contribution in [0.1, 0.15) is 16.7 Å². The number of hydrogen-bond acceptors (Lipinski definition) is 3. The number of aliphatic imine (C=N–C) groups is 1. The first-order valence-electron chi connectivity index (χ1n) is 7.00. The van der Waals surface area contributed by atoms with Crippen LogP contribution in [-0.4, -0.2) is 18.2 Å². The first kappa shape index (κ1) is 15.7. The highest BCUT2D eigenvalue weighted by molar-refractivity contribution is 5.92. The maximum absolute atomic E-state index is 10.0. The van der Waals surface area contributed by atoms with Gasteiger partial charge in [-0.15, -0.1) is 0 Å². The van der Waals surface area contributed by atoms with E-state index in [9.17, 15) is 5.11 Å². The number of guanidine groups is 1. The van der Waals surface area contributed by atoms with E-state index >= 15 is 0 Å². The van der Waals surface area contributed by atoms with Gasteiger partial charge in [0, 0.05) is 11.3 Å². The minimum atomic E-state index is 0.0905. The van der Waals surface area contributed by atoms with Crippen molar-refractivity contribution in [3.63, 3.8) is 0 Å². The molecular weight excluding hydrogens is 278 g/mol. The van der Waals surface area contributed by atoms with Crippen molar-refractivity contribution in [1.29, 1.82) is 0 Å². The van der Waals surface area contributed by atoms with Gasteiger partial charge in [-0.3, -0.25) is 0 Å². The molecule has 0 radical (unpaired) electrons. The summed E-state index contributed by atoms with van der Waals surface area (Å²) in [4.78, 5) is 4.25. The number of ether oxygens (including phenoxy) is 1. The van der Waals surface area contributed by atoms with Crippen LogP contribution in [-0.2, 0) is 6.54 Å². The van der Waals surface area contributed by atoms with Gasteiger partial charge in [0.05, 0.1) is 13.7 Å². The number of phenolic OH excluding ortho intramolecular Hbond substituents is 1. The lowest BCUT2D eigenvalue weighted by Crippen LogP contribution is -2.22. The number of para-hydroxylation sites is 1. The number of aryl methyl sites for hydroxylation is 2. The van der Waals surface area contributed by atoms with E-state index in [0.29, 0.717) is 17.3 Å². The fourth-order valence-electron chi connectivity index (χ4n) is 2.04. The number of methoxy groups -OCH3 is 1. The van der Waals surface area contributed by atoms with Gasteiger partial charge >= 0.3 is 0 Å². The second kappa shape index (κ2) is 6.85. The molecule has 5 heteroatoms. The number of nitrogens with zero attached hydrogens (tertiary/aromatic N) is 1. The number of nitrogens with two attached hydrogens (primary N) is 1. The summed E-state index contributed by atoms with van der Waals surface area (Å²) in [5.74, 6) is 0.812. The SMILES string of the molecule is COc1cccc(CN=C(N)Nc2ccc(C)c(C)c2)c1O. The third kappa shape index (κ3) is 3.69. The number of benzene rings is 2. The van der Waals surface area contributed by atoms with E-state index in [1.807, 2.05) is 25.1 Å². The minimum absolute atomic E-state index is 0.0905. The van der Waals surface area contributed by atoms with Crippen molar-refractivity contribution in [2.75, 3.05) is 12.4 Å². The summed E-state index contributed by atoms with van der Waals surface area (Å²) in [5.41, 5.74) is 9.84. The van der Waals surface area contributed by atoms with E-state index in [1.165, 1.54) is 18.2 Å². The third-order valence-corrected chi connectivity index (χ3v) is 3.50. The molecule has 0 aromatic heterocycles. The maximum Gasteiger partial charge on any atom is 0.193 e. The Kier molecular flexibility index (Phi) is 4.88. The van der Waals surface area contributed by atoms with Gasteiger partial charge in [0.25, 0.3) is 0 Å². The van der Waals surface area contributed by atoms with Crippen LogP contribution in [0.2, 0.25) is 0 Å². The largest absolute Gasteiger partial charge is 0.504 e. The minimum Gasteiger partial charge on any atom is -0.504 e. The number of anilines is 1. The summed E-state index contributed by atoms with van der Waals surface area (Å²) in [7, 11) is 1.51. The summed E-state index contributed by atoms with van der Waals surface area (Å²) >= 11 is 0. The van der Waals surface area contributed by atoms with Gasteiger partial charge in [-0.25, -0.2) is 4.99 Å². The van der Waals surface area contributed by atoms with Crippen LogP contribution in [0.15, 0.2) is 41.4 Å². The van der Waals surface area contributed by atoms with Crippen LogP contribution < -0.4 is 15.8 Å². The van der Waals surface area contributed by atoms with E-state index in [-0.39, 0.29) is 12.3 Å². The van der Waals surface area contributed by atoms with Crippen molar-refractivity contribution in [1.82, 2.24) is 0 Å². The second-order valence-corrected chi connectivity index (χ2v) is 5.09. The van der Waals surface area contributed by atoms with Crippen molar-refractivity contribution < 1.29 is 9.84 Å². The highest BCUT2D eigenvalue weighted by Crippen LogP contribution is 2.29. The third-order valence-electron chi connectivity index (χ3n) is 3.50. The molecule has 0 saturated carbocycles. The Morgan fingerprint density at radius 3 is 2.68 bits per heavy atom. The lowest BCUT2D eigenvalue weighted by molar-refractivity contribution is 0.370. The smallest absolute Gasteiger partial charge is 0.193 e. The van der Waals surface area contributed by atoms with Crippen LogP contribution in [0, 0.1) is 13.8 Å². The van der Waals surface area contributed by atoms with Crippen LogP contribution in [0.3, 0.4) is 0 Å². The molecule has 22 heavy (non-hydrogen) atoms. The predicted octanol–water partition coefficient (Wildman–Crippen LogP) is 2.94. The topological polar surface area (TPSA) is 79.9 Å². The fraction of sp³-hybridized carbons (Fsp3) is 0.235. The predicted molar refractivity (Wildman–Crippen MR) is 89.5 cm³/mol. The van der Waals surface area contributed by atoms with Gasteiger partial charge < -0.3 is 20.9 Å². The molecule has 0 fully saturated rings. The van der Waals surface area contributed by atoms with Gasteiger partial charge in [0.2, 0.25) is 0 Å². The fourth-order valence-corrected chi connectivity index (χ4v) is 2.04. The Balaban J connectivity index is 2.08. The van der Waals surface area contributed by atoms with Gasteiger partial charge in [0.15, 0.2) is 17.5 Å². The number of nitrogens with one attached hydrogen (secondary N) is 1. The molecule has 0 atom stereocenters. The lowest BCUT2D eigenvalue weighted by Gasteiger charge is -2.09. The zero-order valence-corrected chi connectivity index (χ0v) is 13.1. The highest BCUT2D eigenvalue weighted by Gasteiger charge is 2.06. The number of rotatable bonds is 4. The molecule has 4 N–H and O–H groups in total. The normalized spacial score (nSPS) is 11.3. The van der Waals surface area contributed by atoms with E-state index in [0.717, 1.165) is 5.69 Å². The Hall–Kier alpha value is -2.69. The summed E-state index contributed by atoms with van der Waals surface area (Å²) < 4.78 is 5.07. The molecule has 0 aliphatic heterocycles. The quantitative estimate of drug-likeness (QED) is 0.599. The van der Waals surface area contributed by atoms with E-state index in [2.05, 4.69) is 17.2 Å². The summed E-state index contributed by atoms with van der Waals surface area (Å²) in [6.45, 7) is 4.37. The average molecular weight is 299 g/mol. The molecule has 0 aliphatic rings. The van der Waals surface area contributed by atoms with Crippen LogP contribution in [0.4, 0.5) is 5.69 Å². The molecule has 0 unspecified atom stereocenters. The average Bonchev–Trinajstić information content (AvgIpc) is 2.50. The summed E-state index contributed by atoms with van der Waals surface area (Å²) in [6, 6.07) is 11.3. The maximum atomic E-state index is 10.0. The van der Waals surface area contributed by atoms with E-state index < -0.39 is 0 Å². The van der Waals surface area contributed by atoms with Gasteiger partial charge in [-0.1, -0.05) is 18.2 Å². The highest BCUT2D eigenvalue weighted by atomic mass is 16.5. The molecule has 2 rings (SSSR count). The van der Waals surface area contributed by atoms with E-state index in [4.69, 9.17) is 10.5 Å². The molecule has 0 bridgehead atoms. The molecule has 5 nitrogen and oxygen atoms in total. The van der Waals surface area contributed by atoms with Crippen LogP contribution >= 0.6 is 0 Å². The van der Waals surface area contributed by atoms with E-state index in [1.54, 1.807) is 18.2 Å². The molecule has 2 aromatic carbocycles. The van der Waals surface area contributed by atoms with Gasteiger partial charge in [-0.2, -0.15) is 0 Å². The summed E-state index contributed by atoms with van der Waals surface area (Å²) in [5, 5.41) is 13.0. The zero-order chi connectivity index (χ0) is 16.1. The number of phenols is 1. The standard InChI is InChI=1S/C17H21N3O2/c1-11-7-8-14(9-12(11)2)20-17(18)19-10-13-5-4-6-15(22-3)16(13)21/h4-9,21H,10H2,1-3H3,(H3,18,19,20). The first-order valence-corrected chi connectivity index (χ1v) is 7.00. The molecule has 116 valence electrons. The van der Waals surface area contributed by atoms with Crippen LogP contribution in [0.25, 0.3) is 0 Å².